The van der Waals surface area contributed by atoms with Crippen LogP contribution in [0.4, 0.5) is 0 Å². The minimum absolute atomic E-state index is 0.00176. The van der Waals surface area contributed by atoms with Crippen molar-refractivity contribution in [3.05, 3.63) is 0 Å². The zero-order valence-electron chi connectivity index (χ0n) is 5.59. The van der Waals surface area contributed by atoms with Gasteiger partial charge in [-0.1, -0.05) is 0 Å². The first-order valence-electron chi connectivity index (χ1n) is 3.18. The molecular weight excluding hydrogens is 243 g/mol. The Labute approximate surface area is 74.0 Å². The number of hydrogen-bond acceptors (Lipinski definition) is 2. The van der Waals surface area contributed by atoms with Gasteiger partial charge in [0.05, 0.1) is 0 Å². The zero-order valence-corrected chi connectivity index (χ0v) is 7.74. The van der Waals surface area contributed by atoms with Crippen LogP contribution in [0.3, 0.4) is 0 Å². The van der Waals surface area contributed by atoms with Crippen molar-refractivity contribution in [3.63, 3.8) is 0 Å². The summed E-state index contributed by atoms with van der Waals surface area (Å²) in [5, 5.41) is 0. The van der Waals surface area contributed by atoms with Crippen molar-refractivity contribution in [2.24, 2.45) is 4.99 Å². The molecule has 0 aliphatic carbocycles. The number of amides is 1. The van der Waals surface area contributed by atoms with Gasteiger partial charge >= 0.3 is 0 Å². The largest absolute Gasteiger partial charge is 0.271 e. The first kappa shape index (κ1) is 8.13. The molecular formula is C6H9IN2O. The van der Waals surface area contributed by atoms with Crippen LogP contribution in [0.5, 0.6) is 0 Å². The summed E-state index contributed by atoms with van der Waals surface area (Å²) in [4.78, 5) is 14.3. The Morgan fingerprint density at radius 2 is 2.50 bits per heavy atom. The van der Waals surface area contributed by atoms with Gasteiger partial charge in [-0.05, 0) is 19.6 Å². The molecule has 4 heteroatoms. The van der Waals surface area contributed by atoms with E-state index in [9.17, 15) is 4.79 Å². The van der Waals surface area contributed by atoms with Gasteiger partial charge in [-0.3, -0.25) is 4.79 Å². The van der Waals surface area contributed by atoms with Gasteiger partial charge in [0.2, 0.25) is 0 Å². The molecule has 10 heavy (non-hydrogen) atoms. The van der Waals surface area contributed by atoms with E-state index in [1.807, 2.05) is 3.11 Å². The Morgan fingerprint density at radius 3 is 2.90 bits per heavy atom. The molecule has 1 rings (SSSR count). The van der Waals surface area contributed by atoms with Crippen molar-refractivity contribution < 1.29 is 4.79 Å². The molecule has 0 aromatic rings. The number of carbonyl (C=O) groups is 1. The highest BCUT2D eigenvalue weighted by atomic mass is 127. The van der Waals surface area contributed by atoms with E-state index in [0.717, 1.165) is 19.4 Å². The molecule has 0 aromatic heterocycles. The molecule has 1 aliphatic rings. The van der Waals surface area contributed by atoms with Gasteiger partial charge in [-0.15, -0.1) is 0 Å². The SMILES string of the molecule is C=NC(=O)[C@@H]1CCCN1I. The summed E-state index contributed by atoms with van der Waals surface area (Å²) in [5.41, 5.74) is 0. The van der Waals surface area contributed by atoms with Crippen LogP contribution in [-0.4, -0.2) is 28.3 Å². The lowest BCUT2D eigenvalue weighted by molar-refractivity contribution is -0.120. The summed E-state index contributed by atoms with van der Waals surface area (Å²) in [6, 6.07) is -0.00176. The van der Waals surface area contributed by atoms with Crippen LogP contribution in [0.25, 0.3) is 0 Å². The quantitative estimate of drug-likeness (QED) is 0.396. The topological polar surface area (TPSA) is 32.7 Å². The van der Waals surface area contributed by atoms with Crippen LogP contribution >= 0.6 is 22.9 Å². The first-order chi connectivity index (χ1) is 4.75. The fraction of sp³-hybridized carbons (Fsp3) is 0.667. The van der Waals surface area contributed by atoms with Crippen LogP contribution in [0, 0.1) is 0 Å². The fourth-order valence-corrected chi connectivity index (χ4v) is 1.94. The molecule has 1 aliphatic heterocycles. The molecule has 3 nitrogen and oxygen atoms in total. The normalized spacial score (nSPS) is 26.7. The third kappa shape index (κ3) is 1.54. The molecule has 0 N–H and O–H groups in total. The maximum absolute atomic E-state index is 10.9. The van der Waals surface area contributed by atoms with E-state index in [1.165, 1.54) is 0 Å². The van der Waals surface area contributed by atoms with Crippen molar-refractivity contribution in [1.82, 2.24) is 3.11 Å². The third-order valence-corrected chi connectivity index (χ3v) is 2.78. The Hall–Kier alpha value is 0.0300. The predicted molar refractivity (Wildman–Crippen MR) is 48.3 cm³/mol. The van der Waals surface area contributed by atoms with Crippen LogP contribution in [0.2, 0.25) is 0 Å². The van der Waals surface area contributed by atoms with E-state index < -0.39 is 0 Å². The van der Waals surface area contributed by atoms with Gasteiger partial charge in [0.15, 0.2) is 0 Å². The van der Waals surface area contributed by atoms with Crippen molar-refractivity contribution in [2.45, 2.75) is 18.9 Å². The van der Waals surface area contributed by atoms with Gasteiger partial charge in [0.1, 0.15) is 6.04 Å². The second-order valence-corrected chi connectivity index (χ2v) is 3.52. The minimum Gasteiger partial charge on any atom is -0.271 e. The Kier molecular flexibility index (Phi) is 2.79. The molecule has 1 fully saturated rings. The number of carbonyl (C=O) groups excluding carboxylic acids is 1. The molecule has 0 unspecified atom stereocenters. The van der Waals surface area contributed by atoms with Crippen LogP contribution in [0.1, 0.15) is 12.8 Å². The number of rotatable bonds is 1. The minimum atomic E-state index is -0.0908. The van der Waals surface area contributed by atoms with E-state index in [4.69, 9.17) is 0 Å². The number of nitrogens with zero attached hydrogens (tertiary/aromatic N) is 2. The number of hydrogen-bond donors (Lipinski definition) is 0. The van der Waals surface area contributed by atoms with Gasteiger partial charge < -0.3 is 0 Å². The second-order valence-electron chi connectivity index (χ2n) is 2.28. The molecule has 1 heterocycles. The lowest BCUT2D eigenvalue weighted by Crippen LogP contribution is -2.26. The van der Waals surface area contributed by atoms with Gasteiger partial charge in [-0.25, -0.2) is 8.11 Å². The zero-order chi connectivity index (χ0) is 7.56. The summed E-state index contributed by atoms with van der Waals surface area (Å²) >= 11 is 2.16. The molecule has 1 atom stereocenters. The average molecular weight is 252 g/mol. The fourth-order valence-electron chi connectivity index (χ4n) is 1.08. The molecule has 0 spiro atoms. The lowest BCUT2D eigenvalue weighted by Gasteiger charge is -2.11. The molecule has 0 aromatic carbocycles. The summed E-state index contributed by atoms with van der Waals surface area (Å²) < 4.78 is 1.99. The molecule has 0 radical (unpaired) electrons. The molecule has 56 valence electrons. The maximum Gasteiger partial charge on any atom is 0.263 e. The standard InChI is InChI=1S/C6H9IN2O/c1-8-6(10)5-3-2-4-9(5)7/h5H,1-4H2/t5-/m0/s1. The van der Waals surface area contributed by atoms with Crippen molar-refractivity contribution >= 4 is 35.5 Å². The third-order valence-electron chi connectivity index (χ3n) is 1.63. The van der Waals surface area contributed by atoms with E-state index in [2.05, 4.69) is 34.6 Å². The summed E-state index contributed by atoms with van der Waals surface area (Å²) in [6.45, 7) is 4.20. The molecule has 0 bridgehead atoms. The van der Waals surface area contributed by atoms with E-state index in [0.29, 0.717) is 0 Å². The van der Waals surface area contributed by atoms with Crippen molar-refractivity contribution in [3.8, 4) is 0 Å². The number of aliphatic imine (C=N–C) groups is 1. The van der Waals surface area contributed by atoms with Crippen molar-refractivity contribution in [2.75, 3.05) is 6.54 Å². The first-order valence-corrected chi connectivity index (χ1v) is 4.15. The summed E-state index contributed by atoms with van der Waals surface area (Å²) in [5.74, 6) is -0.0908. The van der Waals surface area contributed by atoms with Crippen LogP contribution in [-0.2, 0) is 4.79 Å². The summed E-state index contributed by atoms with van der Waals surface area (Å²) in [7, 11) is 0. The van der Waals surface area contributed by atoms with Crippen LogP contribution in [0.15, 0.2) is 4.99 Å². The molecule has 1 amide bonds. The lowest BCUT2D eigenvalue weighted by atomic mass is 10.2. The summed E-state index contributed by atoms with van der Waals surface area (Å²) in [6.07, 6.45) is 2.02. The Bertz CT molecular complexity index is 160. The maximum atomic E-state index is 10.9. The second kappa shape index (κ2) is 3.43. The number of halogens is 1. The highest BCUT2D eigenvalue weighted by Gasteiger charge is 2.27. The Balaban J connectivity index is 2.54. The van der Waals surface area contributed by atoms with Gasteiger partial charge in [0, 0.05) is 29.4 Å². The smallest absolute Gasteiger partial charge is 0.263 e. The highest BCUT2D eigenvalue weighted by molar-refractivity contribution is 14.1. The van der Waals surface area contributed by atoms with E-state index >= 15 is 0 Å². The Morgan fingerprint density at radius 1 is 1.80 bits per heavy atom. The van der Waals surface area contributed by atoms with Gasteiger partial charge in [0.25, 0.3) is 5.91 Å². The highest BCUT2D eigenvalue weighted by Crippen LogP contribution is 2.21. The van der Waals surface area contributed by atoms with Crippen molar-refractivity contribution in [1.29, 1.82) is 0 Å². The average Bonchev–Trinajstić information content (AvgIpc) is 2.34. The predicted octanol–water partition coefficient (Wildman–Crippen LogP) is 1.03. The van der Waals surface area contributed by atoms with E-state index in [1.54, 1.807) is 0 Å². The van der Waals surface area contributed by atoms with E-state index in [-0.39, 0.29) is 11.9 Å². The monoisotopic (exact) mass is 252 g/mol. The van der Waals surface area contributed by atoms with Crippen LogP contribution < -0.4 is 0 Å². The van der Waals surface area contributed by atoms with Gasteiger partial charge in [-0.2, -0.15) is 0 Å². The molecule has 1 saturated heterocycles. The molecule has 0 saturated carbocycles.